The van der Waals surface area contributed by atoms with Crippen LogP contribution >= 0.6 is 11.6 Å². The monoisotopic (exact) mass is 214 g/mol. The Bertz CT molecular complexity index is 342. The van der Waals surface area contributed by atoms with Crippen LogP contribution in [0.4, 0.5) is 5.69 Å². The van der Waals surface area contributed by atoms with Gasteiger partial charge in [-0.15, -0.1) is 0 Å². The lowest BCUT2D eigenvalue weighted by Gasteiger charge is -2.07. The number of rotatable bonds is 3. The number of hydrogen-bond donors (Lipinski definition) is 2. The normalized spacial score (nSPS) is 9.57. The molecule has 0 fully saturated rings. The van der Waals surface area contributed by atoms with Crippen LogP contribution in [-0.4, -0.2) is 19.6 Å². The Morgan fingerprint density at radius 2 is 2.36 bits per heavy atom. The van der Waals surface area contributed by atoms with Crippen molar-refractivity contribution in [3.63, 3.8) is 0 Å². The molecule has 0 saturated carbocycles. The minimum atomic E-state index is -0.219. The summed E-state index contributed by atoms with van der Waals surface area (Å²) in [5, 5.41) is 2.86. The number of hydrogen-bond acceptors (Lipinski definition) is 3. The van der Waals surface area contributed by atoms with Crippen molar-refractivity contribution >= 4 is 23.2 Å². The number of benzene rings is 1. The average Bonchev–Trinajstić information content (AvgIpc) is 2.19. The number of nitrogen functional groups attached to an aromatic ring is 1. The Hall–Kier alpha value is -1.42. The third-order valence-electron chi connectivity index (χ3n) is 1.59. The molecule has 0 atom stereocenters. The lowest BCUT2D eigenvalue weighted by molar-refractivity contribution is -0.122. The SMILES string of the molecule is CNC(=O)COc1cc(N)ccc1Cl. The van der Waals surface area contributed by atoms with E-state index in [2.05, 4.69) is 5.32 Å². The predicted octanol–water partition coefficient (Wildman–Crippen LogP) is 1.05. The van der Waals surface area contributed by atoms with E-state index in [0.717, 1.165) is 0 Å². The van der Waals surface area contributed by atoms with Crippen molar-refractivity contribution in [1.29, 1.82) is 0 Å². The number of nitrogens with two attached hydrogens (primary N) is 1. The van der Waals surface area contributed by atoms with Gasteiger partial charge in [0, 0.05) is 18.8 Å². The van der Waals surface area contributed by atoms with Crippen LogP contribution in [0.5, 0.6) is 5.75 Å². The second-order valence-corrected chi connectivity index (χ2v) is 3.06. The summed E-state index contributed by atoms with van der Waals surface area (Å²) in [4.78, 5) is 10.9. The van der Waals surface area contributed by atoms with E-state index < -0.39 is 0 Å². The number of amides is 1. The molecule has 5 heteroatoms. The fourth-order valence-electron chi connectivity index (χ4n) is 0.846. The summed E-state index contributed by atoms with van der Waals surface area (Å²) >= 11 is 5.81. The maximum atomic E-state index is 10.9. The van der Waals surface area contributed by atoms with Gasteiger partial charge in [-0.1, -0.05) is 11.6 Å². The van der Waals surface area contributed by atoms with Gasteiger partial charge < -0.3 is 15.8 Å². The van der Waals surface area contributed by atoms with Gasteiger partial charge in [0.05, 0.1) is 5.02 Å². The summed E-state index contributed by atoms with van der Waals surface area (Å²) in [5.41, 5.74) is 6.07. The van der Waals surface area contributed by atoms with E-state index in [1.165, 1.54) is 7.05 Å². The van der Waals surface area contributed by atoms with Crippen molar-refractivity contribution in [2.24, 2.45) is 0 Å². The first-order valence-electron chi connectivity index (χ1n) is 4.02. The molecular formula is C9H11ClN2O2. The molecule has 0 unspecified atom stereocenters. The van der Waals surface area contributed by atoms with Crippen molar-refractivity contribution in [2.75, 3.05) is 19.4 Å². The number of carbonyl (C=O) groups is 1. The molecule has 0 heterocycles. The van der Waals surface area contributed by atoms with Crippen LogP contribution in [0.3, 0.4) is 0 Å². The maximum Gasteiger partial charge on any atom is 0.257 e. The average molecular weight is 215 g/mol. The van der Waals surface area contributed by atoms with Gasteiger partial charge in [-0.2, -0.15) is 0 Å². The van der Waals surface area contributed by atoms with Crippen LogP contribution < -0.4 is 15.8 Å². The molecule has 0 aromatic heterocycles. The highest BCUT2D eigenvalue weighted by atomic mass is 35.5. The Labute approximate surface area is 87.0 Å². The number of ether oxygens (including phenoxy) is 1. The minimum Gasteiger partial charge on any atom is -0.482 e. The fraction of sp³-hybridized carbons (Fsp3) is 0.222. The summed E-state index contributed by atoms with van der Waals surface area (Å²) < 4.78 is 5.15. The van der Waals surface area contributed by atoms with E-state index in [9.17, 15) is 4.79 Å². The molecule has 0 aliphatic heterocycles. The molecular weight excluding hydrogens is 204 g/mol. The molecule has 0 radical (unpaired) electrons. The van der Waals surface area contributed by atoms with Crippen molar-refractivity contribution in [1.82, 2.24) is 5.32 Å². The van der Waals surface area contributed by atoms with Gasteiger partial charge in [-0.25, -0.2) is 0 Å². The number of carbonyl (C=O) groups excluding carboxylic acids is 1. The molecule has 14 heavy (non-hydrogen) atoms. The van der Waals surface area contributed by atoms with Crippen molar-refractivity contribution in [3.8, 4) is 5.75 Å². The Kier molecular flexibility index (Phi) is 3.59. The highest BCUT2D eigenvalue weighted by Crippen LogP contribution is 2.26. The second kappa shape index (κ2) is 4.72. The second-order valence-electron chi connectivity index (χ2n) is 2.65. The summed E-state index contributed by atoms with van der Waals surface area (Å²) in [6.45, 7) is -0.0698. The summed E-state index contributed by atoms with van der Waals surface area (Å²) in [6.07, 6.45) is 0. The molecule has 0 aliphatic rings. The van der Waals surface area contributed by atoms with Crippen LogP contribution in [0.15, 0.2) is 18.2 Å². The topological polar surface area (TPSA) is 64.3 Å². The highest BCUT2D eigenvalue weighted by molar-refractivity contribution is 6.32. The van der Waals surface area contributed by atoms with E-state index in [1.54, 1.807) is 18.2 Å². The summed E-state index contributed by atoms with van der Waals surface area (Å²) in [5.74, 6) is 0.193. The van der Waals surface area contributed by atoms with Gasteiger partial charge in [-0.3, -0.25) is 4.79 Å². The van der Waals surface area contributed by atoms with E-state index in [0.29, 0.717) is 16.5 Å². The van der Waals surface area contributed by atoms with Gasteiger partial charge >= 0.3 is 0 Å². The van der Waals surface area contributed by atoms with Gasteiger partial charge in [-0.05, 0) is 12.1 Å². The lowest BCUT2D eigenvalue weighted by Crippen LogP contribution is -2.24. The van der Waals surface area contributed by atoms with Gasteiger partial charge in [0.1, 0.15) is 5.75 Å². The Morgan fingerprint density at radius 3 is 3.00 bits per heavy atom. The van der Waals surface area contributed by atoms with Gasteiger partial charge in [0.25, 0.3) is 5.91 Å². The largest absolute Gasteiger partial charge is 0.482 e. The molecule has 4 nitrogen and oxygen atoms in total. The zero-order chi connectivity index (χ0) is 10.6. The van der Waals surface area contributed by atoms with Crippen molar-refractivity contribution in [3.05, 3.63) is 23.2 Å². The standard InChI is InChI=1S/C9H11ClN2O2/c1-12-9(13)5-14-8-4-6(11)2-3-7(8)10/h2-4H,5,11H2,1H3,(H,12,13). The number of likely N-dealkylation sites (N-methyl/N-ethyl adjacent to an activating group) is 1. The molecule has 0 bridgehead atoms. The Balaban J connectivity index is 2.66. The fourth-order valence-corrected chi connectivity index (χ4v) is 1.02. The van der Waals surface area contributed by atoms with E-state index in [-0.39, 0.29) is 12.5 Å². The Morgan fingerprint density at radius 1 is 1.64 bits per heavy atom. The van der Waals surface area contributed by atoms with Gasteiger partial charge in [0.15, 0.2) is 6.61 Å². The first-order valence-corrected chi connectivity index (χ1v) is 4.39. The molecule has 0 aliphatic carbocycles. The third kappa shape index (κ3) is 2.81. The third-order valence-corrected chi connectivity index (χ3v) is 1.91. The molecule has 0 spiro atoms. The van der Waals surface area contributed by atoms with Crippen LogP contribution in [0.1, 0.15) is 0 Å². The number of nitrogens with one attached hydrogen (secondary N) is 1. The molecule has 1 aromatic rings. The summed E-state index contributed by atoms with van der Waals surface area (Å²) in [7, 11) is 1.53. The predicted molar refractivity (Wildman–Crippen MR) is 55.4 cm³/mol. The molecule has 1 rings (SSSR count). The van der Waals surface area contributed by atoms with Crippen LogP contribution in [-0.2, 0) is 4.79 Å². The maximum absolute atomic E-state index is 10.9. The van der Waals surface area contributed by atoms with Crippen molar-refractivity contribution in [2.45, 2.75) is 0 Å². The first-order chi connectivity index (χ1) is 6.63. The smallest absolute Gasteiger partial charge is 0.257 e. The number of anilines is 1. The molecule has 0 saturated heterocycles. The summed E-state index contributed by atoms with van der Waals surface area (Å²) in [6, 6.07) is 4.86. The zero-order valence-corrected chi connectivity index (χ0v) is 8.47. The van der Waals surface area contributed by atoms with Crippen LogP contribution in [0.25, 0.3) is 0 Å². The lowest BCUT2D eigenvalue weighted by atomic mass is 10.3. The molecule has 76 valence electrons. The number of halogens is 1. The van der Waals surface area contributed by atoms with Gasteiger partial charge in [0.2, 0.25) is 0 Å². The van der Waals surface area contributed by atoms with Crippen molar-refractivity contribution < 1.29 is 9.53 Å². The van der Waals surface area contributed by atoms with E-state index >= 15 is 0 Å². The van der Waals surface area contributed by atoms with E-state index in [4.69, 9.17) is 22.1 Å². The van der Waals surface area contributed by atoms with E-state index in [1.807, 2.05) is 0 Å². The van der Waals surface area contributed by atoms with Crippen LogP contribution in [0, 0.1) is 0 Å². The van der Waals surface area contributed by atoms with Crippen LogP contribution in [0.2, 0.25) is 5.02 Å². The first kappa shape index (κ1) is 10.7. The minimum absolute atomic E-state index is 0.0698. The highest BCUT2D eigenvalue weighted by Gasteiger charge is 2.04. The molecule has 1 aromatic carbocycles. The molecule has 3 N–H and O–H groups in total. The molecule has 1 amide bonds. The zero-order valence-electron chi connectivity index (χ0n) is 7.71. The quantitative estimate of drug-likeness (QED) is 0.740.